The van der Waals surface area contributed by atoms with E-state index in [1.807, 2.05) is 13.1 Å². The monoisotopic (exact) mass is 261 g/mol. The lowest BCUT2D eigenvalue weighted by Crippen LogP contribution is -2.45. The molecule has 1 fully saturated rings. The molecule has 0 amide bonds. The fraction of sp³-hybridized carbons (Fsp3) is 0.625. The third-order valence-corrected chi connectivity index (χ3v) is 4.61. The zero-order valence-electron chi connectivity index (χ0n) is 11.9. The van der Waals surface area contributed by atoms with Crippen molar-refractivity contribution in [3.63, 3.8) is 0 Å². The highest BCUT2D eigenvalue weighted by Gasteiger charge is 2.41. The second kappa shape index (κ2) is 5.04. The molecule has 0 aromatic heterocycles. The minimum atomic E-state index is 0.0630. The molecule has 1 spiro atoms. The van der Waals surface area contributed by atoms with E-state index in [4.69, 9.17) is 9.47 Å². The Bertz CT molecular complexity index is 452. The maximum absolute atomic E-state index is 6.40. The van der Waals surface area contributed by atoms with Crippen LogP contribution in [0.5, 0.6) is 11.5 Å². The highest BCUT2D eigenvalue weighted by atomic mass is 16.5. The average molecular weight is 261 g/mol. The summed E-state index contributed by atoms with van der Waals surface area (Å²) in [6, 6.07) is 6.53. The molecule has 0 saturated heterocycles. The molecule has 1 aliphatic heterocycles. The molecule has 1 aromatic rings. The highest BCUT2D eigenvalue weighted by molar-refractivity contribution is 5.44. The summed E-state index contributed by atoms with van der Waals surface area (Å²) in [6.07, 6.45) is 7.39. The fourth-order valence-electron chi connectivity index (χ4n) is 3.54. The topological polar surface area (TPSA) is 30.5 Å². The second-order valence-corrected chi connectivity index (χ2v) is 5.79. The molecule has 1 heterocycles. The lowest BCUT2D eigenvalue weighted by molar-refractivity contribution is -0.00185. The minimum Gasteiger partial charge on any atom is -0.497 e. The smallest absolute Gasteiger partial charge is 0.125 e. The van der Waals surface area contributed by atoms with Gasteiger partial charge in [-0.15, -0.1) is 0 Å². The molecule has 3 heteroatoms. The van der Waals surface area contributed by atoms with Crippen LogP contribution in [0.1, 0.15) is 50.1 Å². The largest absolute Gasteiger partial charge is 0.497 e. The van der Waals surface area contributed by atoms with E-state index in [1.165, 1.54) is 37.7 Å². The number of hydrogen-bond donors (Lipinski definition) is 1. The van der Waals surface area contributed by atoms with Gasteiger partial charge in [-0.25, -0.2) is 0 Å². The molecule has 3 rings (SSSR count). The van der Waals surface area contributed by atoms with Gasteiger partial charge >= 0.3 is 0 Å². The number of benzene rings is 1. The Labute approximate surface area is 115 Å². The standard InChI is InChI=1S/C16H23NO2/c1-17-14-11-16(8-4-3-5-9-16)19-15-7-6-12(18-2)10-13(14)15/h6-7,10,14,17H,3-5,8-9,11H2,1-2H3. The first-order chi connectivity index (χ1) is 9.26. The predicted octanol–water partition coefficient (Wildman–Crippen LogP) is 3.44. The van der Waals surface area contributed by atoms with Gasteiger partial charge in [0.2, 0.25) is 0 Å². The van der Waals surface area contributed by atoms with Crippen molar-refractivity contribution in [3.05, 3.63) is 23.8 Å². The first-order valence-corrected chi connectivity index (χ1v) is 7.30. The van der Waals surface area contributed by atoms with E-state index in [-0.39, 0.29) is 5.60 Å². The molecule has 19 heavy (non-hydrogen) atoms. The Balaban J connectivity index is 1.94. The number of nitrogens with one attached hydrogen (secondary N) is 1. The zero-order chi connectivity index (χ0) is 13.3. The maximum atomic E-state index is 6.40. The van der Waals surface area contributed by atoms with Gasteiger partial charge in [-0.1, -0.05) is 6.42 Å². The van der Waals surface area contributed by atoms with Gasteiger partial charge < -0.3 is 14.8 Å². The summed E-state index contributed by atoms with van der Waals surface area (Å²) in [5.41, 5.74) is 1.30. The van der Waals surface area contributed by atoms with E-state index < -0.39 is 0 Å². The fourth-order valence-corrected chi connectivity index (χ4v) is 3.54. The predicted molar refractivity (Wildman–Crippen MR) is 75.9 cm³/mol. The van der Waals surface area contributed by atoms with Crippen LogP contribution in [0.25, 0.3) is 0 Å². The Morgan fingerprint density at radius 1 is 1.26 bits per heavy atom. The summed E-state index contributed by atoms with van der Waals surface area (Å²) >= 11 is 0. The van der Waals surface area contributed by atoms with Crippen molar-refractivity contribution in [1.82, 2.24) is 5.32 Å². The molecule has 3 nitrogen and oxygen atoms in total. The first-order valence-electron chi connectivity index (χ1n) is 7.30. The van der Waals surface area contributed by atoms with E-state index in [0.29, 0.717) is 6.04 Å². The molecule has 1 atom stereocenters. The van der Waals surface area contributed by atoms with Crippen LogP contribution in [0.4, 0.5) is 0 Å². The van der Waals surface area contributed by atoms with Crippen LogP contribution in [0.2, 0.25) is 0 Å². The van der Waals surface area contributed by atoms with Crippen LogP contribution in [0.3, 0.4) is 0 Å². The number of ether oxygens (including phenoxy) is 2. The number of hydrogen-bond acceptors (Lipinski definition) is 3. The van der Waals surface area contributed by atoms with Crippen LogP contribution < -0.4 is 14.8 Å². The van der Waals surface area contributed by atoms with Crippen molar-refractivity contribution in [3.8, 4) is 11.5 Å². The van der Waals surface area contributed by atoms with E-state index in [2.05, 4.69) is 17.4 Å². The lowest BCUT2D eigenvalue weighted by atomic mass is 9.77. The van der Waals surface area contributed by atoms with Crippen LogP contribution in [0.15, 0.2) is 18.2 Å². The number of fused-ring (bicyclic) bond motifs is 1. The van der Waals surface area contributed by atoms with Gasteiger partial charge in [0.05, 0.1) is 7.11 Å². The molecule has 1 aromatic carbocycles. The summed E-state index contributed by atoms with van der Waals surface area (Å²) in [7, 11) is 3.75. The Morgan fingerprint density at radius 2 is 2.05 bits per heavy atom. The van der Waals surface area contributed by atoms with Gasteiger partial charge in [0.1, 0.15) is 17.1 Å². The number of rotatable bonds is 2. The molecule has 104 valence electrons. The van der Waals surface area contributed by atoms with E-state index in [0.717, 1.165) is 17.9 Å². The van der Waals surface area contributed by atoms with Gasteiger partial charge in [-0.2, -0.15) is 0 Å². The highest BCUT2D eigenvalue weighted by Crippen LogP contribution is 2.46. The van der Waals surface area contributed by atoms with Gasteiger partial charge in [-0.3, -0.25) is 0 Å². The van der Waals surface area contributed by atoms with Gasteiger partial charge in [0, 0.05) is 18.0 Å². The first kappa shape index (κ1) is 12.8. The molecule has 2 aliphatic rings. The van der Waals surface area contributed by atoms with Crippen LogP contribution in [0, 0.1) is 0 Å². The summed E-state index contributed by atoms with van der Waals surface area (Å²) in [6.45, 7) is 0. The lowest BCUT2D eigenvalue weighted by Gasteiger charge is -2.44. The van der Waals surface area contributed by atoms with Crippen molar-refractivity contribution in [2.45, 2.75) is 50.2 Å². The zero-order valence-corrected chi connectivity index (χ0v) is 11.9. The molecular formula is C16H23NO2. The molecule has 1 saturated carbocycles. The van der Waals surface area contributed by atoms with E-state index in [1.54, 1.807) is 7.11 Å². The second-order valence-electron chi connectivity index (χ2n) is 5.79. The van der Waals surface area contributed by atoms with Crippen molar-refractivity contribution in [1.29, 1.82) is 0 Å². The third kappa shape index (κ3) is 2.32. The van der Waals surface area contributed by atoms with Crippen molar-refractivity contribution < 1.29 is 9.47 Å². The average Bonchev–Trinajstić information content (AvgIpc) is 2.47. The van der Waals surface area contributed by atoms with E-state index >= 15 is 0 Å². The summed E-state index contributed by atoms with van der Waals surface area (Å²) < 4.78 is 11.7. The van der Waals surface area contributed by atoms with Gasteiger partial charge in [0.25, 0.3) is 0 Å². The van der Waals surface area contributed by atoms with Gasteiger partial charge in [-0.05, 0) is 50.9 Å². The number of methoxy groups -OCH3 is 1. The van der Waals surface area contributed by atoms with Crippen LogP contribution in [-0.4, -0.2) is 19.8 Å². The van der Waals surface area contributed by atoms with Gasteiger partial charge in [0.15, 0.2) is 0 Å². The van der Waals surface area contributed by atoms with Crippen molar-refractivity contribution in [2.24, 2.45) is 0 Å². The van der Waals surface area contributed by atoms with E-state index in [9.17, 15) is 0 Å². The summed E-state index contributed by atoms with van der Waals surface area (Å²) in [5.74, 6) is 1.94. The quantitative estimate of drug-likeness (QED) is 0.884. The molecule has 0 radical (unpaired) electrons. The Kier molecular flexibility index (Phi) is 3.40. The molecule has 1 unspecified atom stereocenters. The normalized spacial score (nSPS) is 24.6. The SMILES string of the molecule is CNC1CC2(CCCCC2)Oc2ccc(OC)cc21. The van der Waals surface area contributed by atoms with Crippen LogP contribution >= 0.6 is 0 Å². The third-order valence-electron chi connectivity index (χ3n) is 4.61. The van der Waals surface area contributed by atoms with Crippen molar-refractivity contribution in [2.75, 3.05) is 14.2 Å². The molecular weight excluding hydrogens is 238 g/mol. The minimum absolute atomic E-state index is 0.0630. The molecule has 1 aliphatic carbocycles. The molecule has 0 bridgehead atoms. The van der Waals surface area contributed by atoms with Crippen molar-refractivity contribution >= 4 is 0 Å². The Morgan fingerprint density at radius 3 is 2.74 bits per heavy atom. The summed E-state index contributed by atoms with van der Waals surface area (Å²) in [5, 5.41) is 3.45. The maximum Gasteiger partial charge on any atom is 0.125 e. The molecule has 1 N–H and O–H groups in total. The summed E-state index contributed by atoms with van der Waals surface area (Å²) in [4.78, 5) is 0. The van der Waals surface area contributed by atoms with Crippen LogP contribution in [-0.2, 0) is 0 Å². The Hall–Kier alpha value is -1.22.